The van der Waals surface area contributed by atoms with E-state index in [1.54, 1.807) is 61.7 Å². The van der Waals surface area contributed by atoms with E-state index in [1.165, 1.54) is 11.3 Å². The number of nitrogens with one attached hydrogen (secondary N) is 2. The number of thiophene rings is 1. The molecular formula is C25H20N2O4S. The number of carbonyl (C=O) groups excluding carboxylic acids is 2. The average molecular weight is 445 g/mol. The van der Waals surface area contributed by atoms with Crippen LogP contribution in [0.1, 0.15) is 20.0 Å². The molecule has 4 rings (SSSR count). The maximum Gasteiger partial charge on any atom is 0.265 e. The lowest BCUT2D eigenvalue weighted by Gasteiger charge is -2.11. The predicted molar refractivity (Wildman–Crippen MR) is 126 cm³/mol. The summed E-state index contributed by atoms with van der Waals surface area (Å²) in [5.41, 5.74) is 1.74. The van der Waals surface area contributed by atoms with Crippen LogP contribution in [-0.2, 0) is 0 Å². The summed E-state index contributed by atoms with van der Waals surface area (Å²) >= 11 is 1.37. The van der Waals surface area contributed by atoms with Crippen LogP contribution in [-0.4, -0.2) is 18.9 Å². The Morgan fingerprint density at radius 2 is 1.34 bits per heavy atom. The molecule has 1 heterocycles. The lowest BCUT2D eigenvalue weighted by molar-refractivity contribution is 0.102. The van der Waals surface area contributed by atoms with Crippen molar-refractivity contribution in [2.75, 3.05) is 17.7 Å². The monoisotopic (exact) mass is 444 g/mol. The third kappa shape index (κ3) is 5.14. The van der Waals surface area contributed by atoms with Gasteiger partial charge in [-0.1, -0.05) is 18.2 Å². The lowest BCUT2D eigenvalue weighted by atomic mass is 10.2. The molecule has 0 atom stereocenters. The maximum atomic E-state index is 12.5. The van der Waals surface area contributed by atoms with Gasteiger partial charge in [-0.05, 0) is 72.1 Å². The Labute approximate surface area is 189 Å². The minimum Gasteiger partial charge on any atom is -0.493 e. The number of ether oxygens (including phenoxy) is 2. The van der Waals surface area contributed by atoms with E-state index in [4.69, 9.17) is 9.47 Å². The summed E-state index contributed by atoms with van der Waals surface area (Å²) in [7, 11) is 1.59. The van der Waals surface area contributed by atoms with Crippen LogP contribution < -0.4 is 20.1 Å². The molecule has 0 fully saturated rings. The van der Waals surface area contributed by atoms with Crippen molar-refractivity contribution in [1.29, 1.82) is 0 Å². The van der Waals surface area contributed by atoms with E-state index in [1.807, 2.05) is 35.7 Å². The SMILES string of the molecule is COc1ccccc1Oc1ccc(NC(=O)c2ccc(NC(=O)c3cccs3)cc2)cc1. The number of para-hydroxylation sites is 2. The van der Waals surface area contributed by atoms with Gasteiger partial charge in [0.2, 0.25) is 0 Å². The predicted octanol–water partition coefficient (Wildman–Crippen LogP) is 6.05. The molecule has 0 aliphatic carbocycles. The molecule has 0 unspecified atom stereocenters. The summed E-state index contributed by atoms with van der Waals surface area (Å²) in [6.45, 7) is 0. The molecule has 0 aliphatic rings. The molecular weight excluding hydrogens is 424 g/mol. The smallest absolute Gasteiger partial charge is 0.265 e. The van der Waals surface area contributed by atoms with E-state index in [2.05, 4.69) is 10.6 Å². The van der Waals surface area contributed by atoms with Crippen molar-refractivity contribution < 1.29 is 19.1 Å². The second-order valence-electron chi connectivity index (χ2n) is 6.74. The maximum absolute atomic E-state index is 12.5. The van der Waals surface area contributed by atoms with Crippen LogP contribution in [0.5, 0.6) is 17.2 Å². The number of hydrogen-bond acceptors (Lipinski definition) is 5. The molecule has 4 aromatic rings. The molecule has 6 nitrogen and oxygen atoms in total. The van der Waals surface area contributed by atoms with Crippen LogP contribution in [0.15, 0.2) is 90.3 Å². The van der Waals surface area contributed by atoms with Gasteiger partial charge in [0.25, 0.3) is 11.8 Å². The first-order valence-electron chi connectivity index (χ1n) is 9.79. The molecule has 0 saturated carbocycles. The summed E-state index contributed by atoms with van der Waals surface area (Å²) in [6, 6.07) is 24.8. The minimum atomic E-state index is -0.250. The fraction of sp³-hybridized carbons (Fsp3) is 0.0400. The molecule has 3 aromatic carbocycles. The molecule has 0 radical (unpaired) electrons. The molecule has 0 bridgehead atoms. The number of amides is 2. The molecule has 0 saturated heterocycles. The van der Waals surface area contributed by atoms with E-state index in [0.717, 1.165) is 0 Å². The zero-order valence-electron chi connectivity index (χ0n) is 17.2. The van der Waals surface area contributed by atoms with Crippen LogP contribution in [0.25, 0.3) is 0 Å². The summed E-state index contributed by atoms with van der Waals surface area (Å²) in [6.07, 6.45) is 0. The van der Waals surface area contributed by atoms with Crippen molar-refractivity contribution in [2.24, 2.45) is 0 Å². The summed E-state index contributed by atoms with van der Waals surface area (Å²) < 4.78 is 11.1. The van der Waals surface area contributed by atoms with Crippen LogP contribution in [0.3, 0.4) is 0 Å². The van der Waals surface area contributed by atoms with Gasteiger partial charge < -0.3 is 20.1 Å². The van der Waals surface area contributed by atoms with E-state index in [9.17, 15) is 9.59 Å². The first-order chi connectivity index (χ1) is 15.6. The largest absolute Gasteiger partial charge is 0.493 e. The Morgan fingerprint density at radius 3 is 1.97 bits per heavy atom. The summed E-state index contributed by atoms with van der Waals surface area (Å²) in [5, 5.41) is 7.51. The van der Waals surface area contributed by atoms with Gasteiger partial charge in [-0.3, -0.25) is 9.59 Å². The number of hydrogen-bond donors (Lipinski definition) is 2. The average Bonchev–Trinajstić information content (AvgIpc) is 3.36. The zero-order chi connectivity index (χ0) is 22.3. The van der Waals surface area contributed by atoms with Gasteiger partial charge in [0, 0.05) is 16.9 Å². The zero-order valence-corrected chi connectivity index (χ0v) is 18.0. The van der Waals surface area contributed by atoms with Gasteiger partial charge in [0.1, 0.15) is 5.75 Å². The topological polar surface area (TPSA) is 76.7 Å². The van der Waals surface area contributed by atoms with Gasteiger partial charge in [0.05, 0.1) is 12.0 Å². The van der Waals surface area contributed by atoms with Gasteiger partial charge in [-0.15, -0.1) is 11.3 Å². The Morgan fingerprint density at radius 1 is 0.719 bits per heavy atom. The van der Waals surface area contributed by atoms with Crippen molar-refractivity contribution >= 4 is 34.5 Å². The highest BCUT2D eigenvalue weighted by molar-refractivity contribution is 7.12. The molecule has 0 aliphatic heterocycles. The van der Waals surface area contributed by atoms with Crippen LogP contribution in [0.2, 0.25) is 0 Å². The van der Waals surface area contributed by atoms with Crippen molar-refractivity contribution in [2.45, 2.75) is 0 Å². The Bertz CT molecular complexity index is 1200. The van der Waals surface area contributed by atoms with Crippen molar-refractivity contribution in [1.82, 2.24) is 0 Å². The summed E-state index contributed by atoms with van der Waals surface area (Å²) in [4.78, 5) is 25.3. The Hall–Kier alpha value is -4.10. The Kier molecular flexibility index (Phi) is 6.48. The molecule has 1 aromatic heterocycles. The van der Waals surface area contributed by atoms with E-state index in [-0.39, 0.29) is 11.8 Å². The van der Waals surface area contributed by atoms with Crippen LogP contribution >= 0.6 is 11.3 Å². The number of carbonyl (C=O) groups is 2. The van der Waals surface area contributed by atoms with E-state index >= 15 is 0 Å². The van der Waals surface area contributed by atoms with E-state index < -0.39 is 0 Å². The third-order valence-corrected chi connectivity index (χ3v) is 5.43. The summed E-state index contributed by atoms with van der Waals surface area (Å²) in [5.74, 6) is 1.45. The van der Waals surface area contributed by atoms with Crippen LogP contribution in [0.4, 0.5) is 11.4 Å². The van der Waals surface area contributed by atoms with Gasteiger partial charge in [0.15, 0.2) is 11.5 Å². The standard InChI is InChI=1S/C25H20N2O4S/c1-30-21-5-2-3-6-22(21)31-20-14-12-19(13-15-20)26-24(28)17-8-10-18(11-9-17)27-25(29)23-7-4-16-32-23/h2-16H,1H3,(H,26,28)(H,27,29). The molecule has 0 spiro atoms. The number of rotatable bonds is 7. The molecule has 7 heteroatoms. The van der Waals surface area contributed by atoms with Gasteiger partial charge >= 0.3 is 0 Å². The molecule has 2 N–H and O–H groups in total. The second kappa shape index (κ2) is 9.80. The van der Waals surface area contributed by atoms with Crippen molar-refractivity contribution in [3.8, 4) is 17.2 Å². The van der Waals surface area contributed by atoms with Crippen molar-refractivity contribution in [3.63, 3.8) is 0 Å². The van der Waals surface area contributed by atoms with E-state index in [0.29, 0.717) is 39.1 Å². The number of methoxy groups -OCH3 is 1. The Balaban J connectivity index is 1.35. The fourth-order valence-corrected chi connectivity index (χ4v) is 3.56. The highest BCUT2D eigenvalue weighted by Gasteiger charge is 2.10. The number of benzene rings is 3. The molecule has 32 heavy (non-hydrogen) atoms. The molecule has 2 amide bonds. The first kappa shape index (κ1) is 21.1. The normalized spacial score (nSPS) is 10.3. The second-order valence-corrected chi connectivity index (χ2v) is 7.69. The number of anilines is 2. The van der Waals surface area contributed by atoms with Crippen molar-refractivity contribution in [3.05, 3.63) is 101 Å². The quantitative estimate of drug-likeness (QED) is 0.364. The highest BCUT2D eigenvalue weighted by atomic mass is 32.1. The fourth-order valence-electron chi connectivity index (χ4n) is 2.95. The minimum absolute atomic E-state index is 0.173. The molecule has 160 valence electrons. The lowest BCUT2D eigenvalue weighted by Crippen LogP contribution is -2.13. The highest BCUT2D eigenvalue weighted by Crippen LogP contribution is 2.31. The van der Waals surface area contributed by atoms with Gasteiger partial charge in [-0.25, -0.2) is 0 Å². The first-order valence-corrected chi connectivity index (χ1v) is 10.7. The van der Waals surface area contributed by atoms with Gasteiger partial charge in [-0.2, -0.15) is 0 Å². The van der Waals surface area contributed by atoms with Crippen LogP contribution in [0, 0.1) is 0 Å². The third-order valence-electron chi connectivity index (χ3n) is 4.56.